The van der Waals surface area contributed by atoms with Crippen LogP contribution < -0.4 is 5.32 Å². The molecule has 5 nitrogen and oxygen atoms in total. The lowest BCUT2D eigenvalue weighted by Crippen LogP contribution is -2.51. The van der Waals surface area contributed by atoms with Crippen molar-refractivity contribution in [2.24, 2.45) is 0 Å². The number of nitrogens with zero attached hydrogens (tertiary/aromatic N) is 1. The molecule has 0 spiro atoms. The summed E-state index contributed by atoms with van der Waals surface area (Å²) in [6, 6.07) is 4.49. The Morgan fingerprint density at radius 1 is 1.40 bits per heavy atom. The Morgan fingerprint density at radius 3 is 2.45 bits per heavy atom. The number of benzene rings is 1. The smallest absolute Gasteiger partial charge is 0.282 e. The average molecular weight is 319 g/mol. The zero-order chi connectivity index (χ0) is 15.3. The molecule has 0 aliphatic carbocycles. The number of carbonyl (C=O) groups is 1. The second-order valence-corrected chi connectivity index (χ2v) is 5.12. The van der Waals surface area contributed by atoms with E-state index in [4.69, 9.17) is 23.2 Å². The van der Waals surface area contributed by atoms with Gasteiger partial charge in [-0.25, -0.2) is 0 Å². The van der Waals surface area contributed by atoms with Gasteiger partial charge in [0.25, 0.3) is 11.6 Å². The van der Waals surface area contributed by atoms with E-state index in [1.54, 1.807) is 19.1 Å². The van der Waals surface area contributed by atoms with E-state index >= 15 is 0 Å². The quantitative estimate of drug-likeness (QED) is 0.497. The molecule has 0 unspecified atom stereocenters. The topological polar surface area (TPSA) is 72.2 Å². The van der Waals surface area contributed by atoms with Gasteiger partial charge in [-0.2, -0.15) is 0 Å². The van der Waals surface area contributed by atoms with E-state index < -0.39 is 16.4 Å². The fourth-order valence-corrected chi connectivity index (χ4v) is 2.58. The maximum Gasteiger partial charge on any atom is 0.282 e. The Hall–Kier alpha value is -1.33. The van der Waals surface area contributed by atoms with Crippen LogP contribution in [-0.2, 0) is 0 Å². The van der Waals surface area contributed by atoms with Gasteiger partial charge in [0, 0.05) is 17.8 Å². The van der Waals surface area contributed by atoms with E-state index in [1.807, 2.05) is 6.92 Å². The SMILES string of the molecule is CCC(CCl)(CCl)NC(=O)c1c(C)cccc1[N+](=O)[O-]. The van der Waals surface area contributed by atoms with Crippen LogP contribution in [-0.4, -0.2) is 28.1 Å². The monoisotopic (exact) mass is 318 g/mol. The first-order valence-electron chi connectivity index (χ1n) is 6.09. The summed E-state index contributed by atoms with van der Waals surface area (Å²) in [6.07, 6.45) is 0.533. The third-order valence-electron chi connectivity index (χ3n) is 3.24. The van der Waals surface area contributed by atoms with Gasteiger partial charge in [0.15, 0.2) is 0 Å². The molecular formula is C13H16Cl2N2O3. The molecule has 1 rings (SSSR count). The van der Waals surface area contributed by atoms with Crippen molar-refractivity contribution in [3.8, 4) is 0 Å². The van der Waals surface area contributed by atoms with Crippen LogP contribution in [0.25, 0.3) is 0 Å². The lowest BCUT2D eigenvalue weighted by atomic mass is 9.99. The largest absolute Gasteiger partial charge is 0.344 e. The van der Waals surface area contributed by atoms with Crippen molar-refractivity contribution in [3.05, 3.63) is 39.4 Å². The summed E-state index contributed by atoms with van der Waals surface area (Å²) in [4.78, 5) is 22.8. The molecule has 0 fully saturated rings. The molecule has 7 heteroatoms. The molecule has 0 atom stereocenters. The van der Waals surface area contributed by atoms with Crippen LogP contribution in [0.1, 0.15) is 29.3 Å². The highest BCUT2D eigenvalue weighted by Crippen LogP contribution is 2.24. The van der Waals surface area contributed by atoms with Gasteiger partial charge >= 0.3 is 0 Å². The van der Waals surface area contributed by atoms with Crippen molar-refractivity contribution >= 4 is 34.8 Å². The summed E-state index contributed by atoms with van der Waals surface area (Å²) in [5, 5.41) is 13.8. The van der Waals surface area contributed by atoms with Crippen LogP contribution in [0.15, 0.2) is 18.2 Å². The van der Waals surface area contributed by atoms with Crippen LogP contribution in [0, 0.1) is 17.0 Å². The highest BCUT2D eigenvalue weighted by atomic mass is 35.5. The summed E-state index contributed by atoms with van der Waals surface area (Å²) >= 11 is 11.7. The van der Waals surface area contributed by atoms with Crippen molar-refractivity contribution in [2.75, 3.05) is 11.8 Å². The molecule has 1 aromatic rings. The molecule has 1 aromatic carbocycles. The average Bonchev–Trinajstić information content (AvgIpc) is 2.44. The fourth-order valence-electron chi connectivity index (χ4n) is 1.78. The van der Waals surface area contributed by atoms with Gasteiger partial charge in [0.1, 0.15) is 5.56 Å². The molecule has 0 saturated carbocycles. The number of hydrogen-bond donors (Lipinski definition) is 1. The zero-order valence-corrected chi connectivity index (χ0v) is 12.8. The Morgan fingerprint density at radius 2 is 2.00 bits per heavy atom. The van der Waals surface area contributed by atoms with E-state index in [0.29, 0.717) is 12.0 Å². The number of nitro groups is 1. The number of amides is 1. The van der Waals surface area contributed by atoms with E-state index in [2.05, 4.69) is 5.32 Å². The van der Waals surface area contributed by atoms with Gasteiger partial charge < -0.3 is 5.32 Å². The first kappa shape index (κ1) is 16.7. The highest BCUT2D eigenvalue weighted by Gasteiger charge is 2.31. The van der Waals surface area contributed by atoms with Gasteiger partial charge in [-0.1, -0.05) is 19.1 Å². The van der Waals surface area contributed by atoms with Crippen molar-refractivity contribution in [2.45, 2.75) is 25.8 Å². The zero-order valence-electron chi connectivity index (χ0n) is 11.3. The number of nitrogens with one attached hydrogen (secondary N) is 1. The fraction of sp³-hybridized carbons (Fsp3) is 0.462. The number of rotatable bonds is 6. The molecule has 1 N–H and O–H groups in total. The predicted octanol–water partition coefficient (Wildman–Crippen LogP) is 3.26. The Balaban J connectivity index is 3.19. The highest BCUT2D eigenvalue weighted by molar-refractivity contribution is 6.22. The molecule has 110 valence electrons. The summed E-state index contributed by atoms with van der Waals surface area (Å²) < 4.78 is 0. The lowest BCUT2D eigenvalue weighted by molar-refractivity contribution is -0.385. The first-order chi connectivity index (χ1) is 9.40. The number of carbonyl (C=O) groups excluding carboxylic acids is 1. The van der Waals surface area contributed by atoms with Crippen LogP contribution in [0.3, 0.4) is 0 Å². The summed E-state index contributed by atoms with van der Waals surface area (Å²) in [6.45, 7) is 3.49. The van der Waals surface area contributed by atoms with Gasteiger partial charge in [-0.3, -0.25) is 14.9 Å². The van der Waals surface area contributed by atoms with Crippen molar-refractivity contribution < 1.29 is 9.72 Å². The molecule has 0 saturated heterocycles. The summed E-state index contributed by atoms with van der Waals surface area (Å²) in [5.41, 5.74) is -0.413. The third-order valence-corrected chi connectivity index (χ3v) is 4.26. The molecule has 0 bridgehead atoms. The number of aryl methyl sites for hydroxylation is 1. The van der Waals surface area contributed by atoms with Gasteiger partial charge in [0.2, 0.25) is 0 Å². The van der Waals surface area contributed by atoms with Gasteiger partial charge in [-0.15, -0.1) is 23.2 Å². The molecule has 0 aliphatic heterocycles. The van der Waals surface area contributed by atoms with Crippen LogP contribution in [0.5, 0.6) is 0 Å². The maximum absolute atomic E-state index is 12.4. The lowest BCUT2D eigenvalue weighted by Gasteiger charge is -2.29. The van der Waals surface area contributed by atoms with Gasteiger partial charge in [-0.05, 0) is 18.9 Å². The van der Waals surface area contributed by atoms with Crippen molar-refractivity contribution in [3.63, 3.8) is 0 Å². The van der Waals surface area contributed by atoms with Crippen molar-refractivity contribution in [1.29, 1.82) is 0 Å². The summed E-state index contributed by atoms with van der Waals surface area (Å²) in [7, 11) is 0. The second-order valence-electron chi connectivity index (χ2n) is 4.58. The minimum absolute atomic E-state index is 0.0468. The number of alkyl halides is 2. The number of halogens is 2. The predicted molar refractivity (Wildman–Crippen MR) is 79.8 cm³/mol. The number of hydrogen-bond acceptors (Lipinski definition) is 3. The summed E-state index contributed by atoms with van der Waals surface area (Å²) in [5.74, 6) is -0.255. The first-order valence-corrected chi connectivity index (χ1v) is 7.16. The van der Waals surface area contributed by atoms with Crippen LogP contribution in [0.4, 0.5) is 5.69 Å². The molecule has 1 amide bonds. The number of nitro benzene ring substituents is 1. The van der Waals surface area contributed by atoms with E-state index in [9.17, 15) is 14.9 Å². The van der Waals surface area contributed by atoms with Crippen molar-refractivity contribution in [1.82, 2.24) is 5.32 Å². The standard InChI is InChI=1S/C13H16Cl2N2O3/c1-3-13(7-14,8-15)16-12(18)11-9(2)5-4-6-10(11)17(19)20/h4-6H,3,7-8H2,1-2H3,(H,16,18). The van der Waals surface area contributed by atoms with E-state index in [1.165, 1.54) is 6.07 Å². The van der Waals surface area contributed by atoms with Crippen LogP contribution >= 0.6 is 23.2 Å². The minimum atomic E-state index is -0.768. The Kier molecular flexibility index (Phi) is 5.77. The van der Waals surface area contributed by atoms with Crippen LogP contribution in [0.2, 0.25) is 0 Å². The molecule has 0 heterocycles. The second kappa shape index (κ2) is 6.90. The molecular weight excluding hydrogens is 303 g/mol. The minimum Gasteiger partial charge on any atom is -0.344 e. The van der Waals surface area contributed by atoms with Gasteiger partial charge in [0.05, 0.1) is 10.5 Å². The maximum atomic E-state index is 12.4. The molecule has 0 aromatic heterocycles. The molecule has 0 aliphatic rings. The van der Waals surface area contributed by atoms with E-state index in [-0.39, 0.29) is 23.0 Å². The third kappa shape index (κ3) is 3.41. The molecule has 0 radical (unpaired) electrons. The Labute approximate surface area is 127 Å². The Bertz CT molecular complexity index is 508. The molecule has 20 heavy (non-hydrogen) atoms. The normalized spacial score (nSPS) is 11.2. The van der Waals surface area contributed by atoms with E-state index in [0.717, 1.165) is 0 Å².